The van der Waals surface area contributed by atoms with Crippen LogP contribution in [0.3, 0.4) is 0 Å². The van der Waals surface area contributed by atoms with Crippen molar-refractivity contribution in [3.63, 3.8) is 0 Å². The van der Waals surface area contributed by atoms with E-state index >= 15 is 0 Å². The first-order valence-electron chi connectivity index (χ1n) is 10.8. The highest BCUT2D eigenvalue weighted by Crippen LogP contribution is 2.37. The van der Waals surface area contributed by atoms with Crippen LogP contribution in [0.15, 0.2) is 71.6 Å². The monoisotopic (exact) mass is 490 g/mol. The fraction of sp³-hybridized carbons (Fsp3) is 0.185. The Morgan fingerprint density at radius 1 is 1.03 bits per heavy atom. The van der Waals surface area contributed by atoms with Crippen molar-refractivity contribution in [2.24, 2.45) is 0 Å². The Morgan fingerprint density at radius 3 is 2.47 bits per heavy atom. The van der Waals surface area contributed by atoms with Crippen molar-refractivity contribution in [1.82, 2.24) is 0 Å². The van der Waals surface area contributed by atoms with Gasteiger partial charge in [0, 0.05) is 19.8 Å². The third kappa shape index (κ3) is 5.26. The second kappa shape index (κ2) is 10.3. The second-order valence-electron chi connectivity index (χ2n) is 8.12. The molecule has 0 aliphatic carbocycles. The van der Waals surface area contributed by atoms with Gasteiger partial charge >= 0.3 is 0 Å². The number of hydrogen-bond donors (Lipinski definition) is 0. The van der Waals surface area contributed by atoms with Gasteiger partial charge in [0.15, 0.2) is 15.8 Å². The highest BCUT2D eigenvalue weighted by Gasteiger charge is 2.33. The van der Waals surface area contributed by atoms with Crippen molar-refractivity contribution >= 4 is 51.7 Å². The third-order valence-corrected chi connectivity index (χ3v) is 6.68. The van der Waals surface area contributed by atoms with E-state index in [0.717, 1.165) is 22.5 Å². The number of methoxy groups -OCH3 is 1. The number of rotatable bonds is 7. The molecule has 3 aromatic rings. The minimum Gasteiger partial charge on any atom is -0.493 e. The van der Waals surface area contributed by atoms with Gasteiger partial charge in [-0.2, -0.15) is 0 Å². The molecule has 1 amide bonds. The Balaban J connectivity index is 1.51. The van der Waals surface area contributed by atoms with E-state index in [0.29, 0.717) is 27.3 Å². The van der Waals surface area contributed by atoms with Gasteiger partial charge in [-0.05, 0) is 60.5 Å². The van der Waals surface area contributed by atoms with Gasteiger partial charge in [-0.15, -0.1) is 0 Å². The lowest BCUT2D eigenvalue weighted by molar-refractivity contribution is -0.113. The van der Waals surface area contributed by atoms with Crippen LogP contribution in [0, 0.1) is 6.92 Å². The van der Waals surface area contributed by atoms with Crippen molar-refractivity contribution in [2.75, 3.05) is 31.0 Å². The van der Waals surface area contributed by atoms with E-state index in [4.69, 9.17) is 21.7 Å². The van der Waals surface area contributed by atoms with Crippen LogP contribution in [-0.2, 0) is 11.4 Å². The molecule has 0 radical (unpaired) electrons. The van der Waals surface area contributed by atoms with Crippen LogP contribution in [-0.4, -0.2) is 31.4 Å². The molecule has 1 heterocycles. The van der Waals surface area contributed by atoms with Gasteiger partial charge in [0.05, 0.1) is 17.7 Å². The lowest BCUT2D eigenvalue weighted by Gasteiger charge is -2.17. The number of nitrogens with zero attached hydrogens (tertiary/aromatic N) is 2. The topological polar surface area (TPSA) is 42.0 Å². The summed E-state index contributed by atoms with van der Waals surface area (Å²) < 4.78 is 12.0. The number of hydrogen-bond acceptors (Lipinski definition) is 6. The number of ether oxygens (including phenoxy) is 2. The van der Waals surface area contributed by atoms with Crippen LogP contribution >= 0.6 is 24.0 Å². The van der Waals surface area contributed by atoms with E-state index in [1.54, 1.807) is 12.0 Å². The van der Waals surface area contributed by atoms with Crippen molar-refractivity contribution < 1.29 is 14.3 Å². The SMILES string of the molecule is COc1cc(C=C2SC(=S)N(c3ccc(N(C)C)cc3)C2=O)ccc1OCc1cccc(C)c1. The molecule has 34 heavy (non-hydrogen) atoms. The minimum absolute atomic E-state index is 0.133. The zero-order chi connectivity index (χ0) is 24.2. The summed E-state index contributed by atoms with van der Waals surface area (Å²) in [5, 5.41) is 0. The molecule has 5 nitrogen and oxygen atoms in total. The molecule has 0 atom stereocenters. The summed E-state index contributed by atoms with van der Waals surface area (Å²) in [5.74, 6) is 1.12. The molecule has 0 bridgehead atoms. The Morgan fingerprint density at radius 2 is 1.79 bits per heavy atom. The van der Waals surface area contributed by atoms with E-state index in [1.807, 2.05) is 79.7 Å². The Kier molecular flexibility index (Phi) is 7.24. The van der Waals surface area contributed by atoms with Crippen molar-refractivity contribution in [3.05, 3.63) is 88.3 Å². The van der Waals surface area contributed by atoms with Crippen LogP contribution in [0.25, 0.3) is 6.08 Å². The van der Waals surface area contributed by atoms with Gasteiger partial charge in [0.1, 0.15) is 6.61 Å². The number of anilines is 2. The Hall–Kier alpha value is -3.29. The quantitative estimate of drug-likeness (QED) is 0.296. The number of carbonyl (C=O) groups excluding carboxylic acids is 1. The summed E-state index contributed by atoms with van der Waals surface area (Å²) in [4.78, 5) is 17.3. The predicted octanol–water partition coefficient (Wildman–Crippen LogP) is 6.05. The first-order valence-corrected chi connectivity index (χ1v) is 12.0. The smallest absolute Gasteiger partial charge is 0.270 e. The molecule has 0 aromatic heterocycles. The van der Waals surface area contributed by atoms with Gasteiger partial charge in [-0.25, -0.2) is 0 Å². The molecular formula is C27H26N2O3S2. The average molecular weight is 491 g/mol. The second-order valence-corrected chi connectivity index (χ2v) is 9.79. The maximum atomic E-state index is 13.1. The molecule has 0 saturated carbocycles. The lowest BCUT2D eigenvalue weighted by atomic mass is 10.1. The molecule has 4 rings (SSSR count). The summed E-state index contributed by atoms with van der Waals surface area (Å²) in [6, 6.07) is 21.6. The average Bonchev–Trinajstić information content (AvgIpc) is 3.10. The van der Waals surface area contributed by atoms with Crippen molar-refractivity contribution in [3.8, 4) is 11.5 Å². The van der Waals surface area contributed by atoms with E-state index in [9.17, 15) is 4.79 Å². The molecule has 1 aliphatic heterocycles. The fourth-order valence-corrected chi connectivity index (χ4v) is 4.90. The number of amides is 1. The molecule has 174 valence electrons. The molecule has 7 heteroatoms. The Labute approximate surface area is 210 Å². The van der Waals surface area contributed by atoms with E-state index in [1.165, 1.54) is 17.3 Å². The van der Waals surface area contributed by atoms with Gasteiger partial charge in [0.2, 0.25) is 0 Å². The van der Waals surface area contributed by atoms with Crippen LogP contribution in [0.5, 0.6) is 11.5 Å². The number of thioether (sulfide) groups is 1. The maximum Gasteiger partial charge on any atom is 0.270 e. The standard InChI is InChI=1S/C27H26N2O3S2/c1-18-6-5-7-20(14-18)17-32-23-13-8-19(15-24(23)31-4)16-25-26(30)29(27(33)34-25)22-11-9-21(10-12-22)28(2)3/h5-16H,17H2,1-4H3. The first-order chi connectivity index (χ1) is 16.4. The van der Waals surface area contributed by atoms with Crippen LogP contribution in [0.1, 0.15) is 16.7 Å². The molecule has 0 spiro atoms. The number of thiocarbonyl (C=S) groups is 1. The number of benzene rings is 3. The molecule has 1 saturated heterocycles. The van der Waals surface area contributed by atoms with E-state index in [2.05, 4.69) is 19.1 Å². The first kappa shape index (κ1) is 23.9. The van der Waals surface area contributed by atoms with E-state index in [-0.39, 0.29) is 5.91 Å². The van der Waals surface area contributed by atoms with Gasteiger partial charge < -0.3 is 14.4 Å². The van der Waals surface area contributed by atoms with Crippen LogP contribution in [0.4, 0.5) is 11.4 Å². The van der Waals surface area contributed by atoms with Crippen molar-refractivity contribution in [1.29, 1.82) is 0 Å². The van der Waals surface area contributed by atoms with E-state index < -0.39 is 0 Å². The number of aryl methyl sites for hydroxylation is 1. The summed E-state index contributed by atoms with van der Waals surface area (Å²) in [6.45, 7) is 2.50. The molecular weight excluding hydrogens is 464 g/mol. The molecule has 1 aliphatic rings. The third-order valence-electron chi connectivity index (χ3n) is 5.38. The summed E-state index contributed by atoms with van der Waals surface area (Å²) in [5.41, 5.74) is 4.93. The highest BCUT2D eigenvalue weighted by atomic mass is 32.2. The summed E-state index contributed by atoms with van der Waals surface area (Å²) in [6.07, 6.45) is 1.83. The zero-order valence-corrected chi connectivity index (χ0v) is 21.2. The van der Waals surface area contributed by atoms with Gasteiger partial charge in [-0.1, -0.05) is 59.9 Å². The summed E-state index contributed by atoms with van der Waals surface area (Å²) >= 11 is 6.80. The lowest BCUT2D eigenvalue weighted by Crippen LogP contribution is -2.27. The molecule has 0 N–H and O–H groups in total. The predicted molar refractivity (Wildman–Crippen MR) is 145 cm³/mol. The Bertz CT molecular complexity index is 1250. The van der Waals surface area contributed by atoms with Gasteiger partial charge in [0.25, 0.3) is 5.91 Å². The highest BCUT2D eigenvalue weighted by molar-refractivity contribution is 8.27. The molecule has 3 aromatic carbocycles. The fourth-order valence-electron chi connectivity index (χ4n) is 3.60. The van der Waals surface area contributed by atoms with Crippen LogP contribution < -0.4 is 19.3 Å². The minimum atomic E-state index is -0.133. The zero-order valence-electron chi connectivity index (χ0n) is 19.6. The largest absolute Gasteiger partial charge is 0.493 e. The number of carbonyl (C=O) groups is 1. The normalized spacial score (nSPS) is 14.6. The van der Waals surface area contributed by atoms with Crippen LogP contribution in [0.2, 0.25) is 0 Å². The van der Waals surface area contributed by atoms with Gasteiger partial charge in [-0.3, -0.25) is 9.69 Å². The summed E-state index contributed by atoms with van der Waals surface area (Å²) in [7, 11) is 5.56. The maximum absolute atomic E-state index is 13.1. The molecule has 0 unspecified atom stereocenters. The molecule has 1 fully saturated rings. The van der Waals surface area contributed by atoms with Crippen molar-refractivity contribution in [2.45, 2.75) is 13.5 Å².